The van der Waals surface area contributed by atoms with Crippen molar-refractivity contribution < 1.29 is 17.9 Å². The molecule has 0 aromatic heterocycles. The van der Waals surface area contributed by atoms with Gasteiger partial charge in [-0.05, 0) is 18.6 Å². The third kappa shape index (κ3) is 5.57. The van der Waals surface area contributed by atoms with Gasteiger partial charge in [-0.2, -0.15) is 0 Å². The van der Waals surface area contributed by atoms with E-state index >= 15 is 0 Å². The molecule has 1 atom stereocenters. The maximum absolute atomic E-state index is 12.4. The van der Waals surface area contributed by atoms with E-state index in [1.165, 1.54) is 19.2 Å². The van der Waals surface area contributed by atoms with Gasteiger partial charge in [-0.15, -0.1) is 12.4 Å². The second-order valence-electron chi connectivity index (χ2n) is 4.68. The van der Waals surface area contributed by atoms with Crippen molar-refractivity contribution in [2.24, 2.45) is 5.73 Å². The lowest BCUT2D eigenvalue weighted by molar-refractivity contribution is 0.0596. The van der Waals surface area contributed by atoms with E-state index in [1.54, 1.807) is 12.1 Å². The van der Waals surface area contributed by atoms with Gasteiger partial charge in [0.1, 0.15) is 0 Å². The van der Waals surface area contributed by atoms with E-state index in [1.807, 2.05) is 6.92 Å². The van der Waals surface area contributed by atoms with Crippen molar-refractivity contribution in [2.45, 2.75) is 37.1 Å². The third-order valence-corrected chi connectivity index (χ3v) is 4.67. The average Bonchev–Trinajstić information content (AvgIpc) is 2.50. The summed E-state index contributed by atoms with van der Waals surface area (Å²) in [6, 6.07) is 5.60. The van der Waals surface area contributed by atoms with Gasteiger partial charge in [0.2, 0.25) is 10.0 Å². The lowest BCUT2D eigenvalue weighted by atomic mass is 10.1. The third-order valence-electron chi connectivity index (χ3n) is 3.09. The summed E-state index contributed by atoms with van der Waals surface area (Å²) in [5.74, 6) is -0.686. The number of ether oxygens (including phenoxy) is 1. The predicted octanol–water partition coefficient (Wildman–Crippen LogP) is 1.69. The predicted molar refractivity (Wildman–Crippen MR) is 87.7 cm³/mol. The van der Waals surface area contributed by atoms with Crippen LogP contribution in [0, 0.1) is 0 Å². The van der Waals surface area contributed by atoms with Crippen LogP contribution < -0.4 is 10.5 Å². The zero-order chi connectivity index (χ0) is 15.9. The van der Waals surface area contributed by atoms with Gasteiger partial charge in [0.25, 0.3) is 0 Å². The fourth-order valence-electron chi connectivity index (χ4n) is 1.94. The monoisotopic (exact) mass is 350 g/mol. The zero-order valence-electron chi connectivity index (χ0n) is 12.7. The molecule has 1 unspecified atom stereocenters. The van der Waals surface area contributed by atoms with Crippen LogP contribution in [0.15, 0.2) is 29.2 Å². The van der Waals surface area contributed by atoms with Crippen LogP contribution in [0.5, 0.6) is 0 Å². The van der Waals surface area contributed by atoms with E-state index in [0.717, 1.165) is 12.8 Å². The fraction of sp³-hybridized carbons (Fsp3) is 0.500. The molecule has 1 aromatic rings. The number of carbonyl (C=O) groups is 1. The van der Waals surface area contributed by atoms with Gasteiger partial charge >= 0.3 is 5.97 Å². The van der Waals surface area contributed by atoms with Crippen molar-refractivity contribution >= 4 is 28.4 Å². The molecule has 6 nitrogen and oxygen atoms in total. The van der Waals surface area contributed by atoms with Crippen molar-refractivity contribution in [2.75, 3.05) is 13.7 Å². The standard InChI is InChI=1S/C14H22N2O4S.ClH/c1-3-4-7-11(10-15)16-21(18,19)13-9-6-5-8-12(13)14(17)20-2;/h5-6,8-9,11,16H,3-4,7,10,15H2,1-2H3;1H. The number of unbranched alkanes of at least 4 members (excludes halogenated alkanes) is 1. The maximum atomic E-state index is 12.4. The first-order valence-corrected chi connectivity index (χ1v) is 8.34. The zero-order valence-corrected chi connectivity index (χ0v) is 14.4. The van der Waals surface area contributed by atoms with Gasteiger partial charge in [0, 0.05) is 12.6 Å². The summed E-state index contributed by atoms with van der Waals surface area (Å²) in [5.41, 5.74) is 5.62. The number of halogens is 1. The molecule has 1 aromatic carbocycles. The van der Waals surface area contributed by atoms with Crippen molar-refractivity contribution in [3.05, 3.63) is 29.8 Å². The molecule has 0 heterocycles. The highest BCUT2D eigenvalue weighted by atomic mass is 35.5. The number of carbonyl (C=O) groups excluding carboxylic acids is 1. The Morgan fingerprint density at radius 1 is 1.36 bits per heavy atom. The minimum atomic E-state index is -3.82. The Bertz CT molecular complexity index is 578. The van der Waals surface area contributed by atoms with Crippen LogP contribution in [0.3, 0.4) is 0 Å². The highest BCUT2D eigenvalue weighted by Crippen LogP contribution is 2.17. The number of rotatable bonds is 8. The SMILES string of the molecule is CCCCC(CN)NS(=O)(=O)c1ccccc1C(=O)OC.Cl. The molecule has 3 N–H and O–H groups in total. The summed E-state index contributed by atoms with van der Waals surface area (Å²) in [4.78, 5) is 11.6. The number of hydrogen-bond donors (Lipinski definition) is 2. The fourth-order valence-corrected chi connectivity index (χ4v) is 3.42. The number of sulfonamides is 1. The molecule has 0 aliphatic rings. The van der Waals surface area contributed by atoms with E-state index in [-0.39, 0.29) is 35.5 Å². The molecule has 0 amide bonds. The van der Waals surface area contributed by atoms with E-state index in [0.29, 0.717) is 6.42 Å². The van der Waals surface area contributed by atoms with Crippen LogP contribution in [0.1, 0.15) is 36.5 Å². The van der Waals surface area contributed by atoms with E-state index < -0.39 is 16.0 Å². The Kier molecular flexibility index (Phi) is 9.27. The number of benzene rings is 1. The normalized spacial score (nSPS) is 12.3. The van der Waals surface area contributed by atoms with Gasteiger partial charge in [-0.25, -0.2) is 17.9 Å². The topological polar surface area (TPSA) is 98.5 Å². The first-order valence-electron chi connectivity index (χ1n) is 6.86. The minimum absolute atomic E-state index is 0. The molecule has 0 fully saturated rings. The van der Waals surface area contributed by atoms with Crippen molar-refractivity contribution in [1.29, 1.82) is 0 Å². The number of esters is 1. The maximum Gasteiger partial charge on any atom is 0.339 e. The van der Waals surface area contributed by atoms with Crippen molar-refractivity contribution in [1.82, 2.24) is 4.72 Å². The summed E-state index contributed by atoms with van der Waals surface area (Å²) in [6.45, 7) is 2.23. The van der Waals surface area contributed by atoms with Gasteiger partial charge in [-0.3, -0.25) is 0 Å². The molecule has 0 saturated carbocycles. The first kappa shape index (κ1) is 20.9. The summed E-state index contributed by atoms with van der Waals surface area (Å²) in [7, 11) is -2.61. The van der Waals surface area contributed by atoms with E-state index in [4.69, 9.17) is 5.73 Å². The molecule has 0 saturated heterocycles. The number of methoxy groups -OCH3 is 1. The summed E-state index contributed by atoms with van der Waals surface area (Å²) >= 11 is 0. The Morgan fingerprint density at radius 2 is 2.00 bits per heavy atom. The van der Waals surface area contributed by atoms with E-state index in [9.17, 15) is 13.2 Å². The van der Waals surface area contributed by atoms with Gasteiger partial charge in [-0.1, -0.05) is 31.9 Å². The Morgan fingerprint density at radius 3 is 2.55 bits per heavy atom. The summed E-state index contributed by atoms with van der Waals surface area (Å²) < 4.78 is 32.0. The van der Waals surface area contributed by atoms with Crippen LogP contribution in [-0.2, 0) is 14.8 Å². The average molecular weight is 351 g/mol. The van der Waals surface area contributed by atoms with Crippen LogP contribution in [0.25, 0.3) is 0 Å². The largest absolute Gasteiger partial charge is 0.465 e. The molecular weight excluding hydrogens is 328 g/mol. The Labute approximate surface area is 137 Å². The highest BCUT2D eigenvalue weighted by molar-refractivity contribution is 7.89. The highest BCUT2D eigenvalue weighted by Gasteiger charge is 2.24. The lowest BCUT2D eigenvalue weighted by Gasteiger charge is -2.17. The molecule has 0 aliphatic heterocycles. The Hall–Kier alpha value is -1.15. The number of nitrogens with two attached hydrogens (primary N) is 1. The molecule has 0 radical (unpaired) electrons. The minimum Gasteiger partial charge on any atom is -0.465 e. The molecule has 126 valence electrons. The molecule has 22 heavy (non-hydrogen) atoms. The smallest absolute Gasteiger partial charge is 0.339 e. The molecular formula is C14H23ClN2O4S. The quantitative estimate of drug-likeness (QED) is 0.695. The first-order chi connectivity index (χ1) is 9.96. The lowest BCUT2D eigenvalue weighted by Crippen LogP contribution is -2.40. The molecule has 0 bridgehead atoms. The van der Waals surface area contributed by atoms with Crippen molar-refractivity contribution in [3.8, 4) is 0 Å². The van der Waals surface area contributed by atoms with Gasteiger partial charge in [0.05, 0.1) is 17.6 Å². The number of hydrogen-bond acceptors (Lipinski definition) is 5. The summed E-state index contributed by atoms with van der Waals surface area (Å²) in [5, 5.41) is 0. The van der Waals surface area contributed by atoms with Crippen LogP contribution in [0.2, 0.25) is 0 Å². The molecule has 0 spiro atoms. The Balaban J connectivity index is 0.00000441. The van der Waals surface area contributed by atoms with Crippen LogP contribution in [0.4, 0.5) is 0 Å². The molecule has 0 aliphatic carbocycles. The second kappa shape index (κ2) is 9.78. The number of nitrogens with one attached hydrogen (secondary N) is 1. The van der Waals surface area contributed by atoms with Gasteiger partial charge in [0.15, 0.2) is 0 Å². The molecule has 8 heteroatoms. The van der Waals surface area contributed by atoms with Gasteiger partial charge < -0.3 is 10.5 Å². The summed E-state index contributed by atoms with van der Waals surface area (Å²) in [6.07, 6.45) is 2.49. The van der Waals surface area contributed by atoms with E-state index in [2.05, 4.69) is 9.46 Å². The molecule has 1 rings (SSSR count). The van der Waals surface area contributed by atoms with Crippen molar-refractivity contribution in [3.63, 3.8) is 0 Å². The van der Waals surface area contributed by atoms with Crippen LogP contribution in [-0.4, -0.2) is 34.1 Å². The van der Waals surface area contributed by atoms with Crippen LogP contribution >= 0.6 is 12.4 Å². The second-order valence-corrected chi connectivity index (χ2v) is 6.37.